The summed E-state index contributed by atoms with van der Waals surface area (Å²) in [6.45, 7) is 3.79. The highest BCUT2D eigenvalue weighted by molar-refractivity contribution is 9.10. The van der Waals surface area contributed by atoms with Crippen LogP contribution in [0.3, 0.4) is 0 Å². The lowest BCUT2D eigenvalue weighted by Gasteiger charge is -2.05. The van der Waals surface area contributed by atoms with Gasteiger partial charge in [0.05, 0.1) is 5.56 Å². The molecule has 0 aliphatic heterocycles. The number of hydrogen-bond donors (Lipinski definition) is 0. The molecule has 6 heteroatoms. The second-order valence-electron chi connectivity index (χ2n) is 5.41. The van der Waals surface area contributed by atoms with Crippen LogP contribution in [-0.2, 0) is 11.3 Å². The van der Waals surface area contributed by atoms with Crippen LogP contribution in [0.15, 0.2) is 51.5 Å². The molecule has 0 unspecified atom stereocenters. The quantitative estimate of drug-likeness (QED) is 0.618. The van der Waals surface area contributed by atoms with Gasteiger partial charge in [-0.25, -0.2) is 4.79 Å². The van der Waals surface area contributed by atoms with E-state index in [0.29, 0.717) is 11.4 Å². The molecule has 2 aromatic carbocycles. The fourth-order valence-corrected chi connectivity index (χ4v) is 2.54. The van der Waals surface area contributed by atoms with Gasteiger partial charge in [0, 0.05) is 10.0 Å². The summed E-state index contributed by atoms with van der Waals surface area (Å²) in [5.74, 6) is 0.307. The van der Waals surface area contributed by atoms with Gasteiger partial charge in [-0.1, -0.05) is 38.8 Å². The minimum Gasteiger partial charge on any atom is -0.452 e. The summed E-state index contributed by atoms with van der Waals surface area (Å²) < 4.78 is 11.4. The monoisotopic (exact) mass is 386 g/mol. The Labute approximate surface area is 147 Å². The van der Waals surface area contributed by atoms with Crippen molar-refractivity contribution in [2.24, 2.45) is 0 Å². The minimum atomic E-state index is -0.407. The molecular formula is C18H15BrN2O3. The third kappa shape index (κ3) is 3.71. The van der Waals surface area contributed by atoms with E-state index in [4.69, 9.17) is 9.26 Å². The van der Waals surface area contributed by atoms with E-state index < -0.39 is 5.97 Å². The van der Waals surface area contributed by atoms with Crippen molar-refractivity contribution in [2.75, 3.05) is 0 Å². The smallest absolute Gasteiger partial charge is 0.338 e. The lowest BCUT2D eigenvalue weighted by molar-refractivity contribution is 0.0429. The van der Waals surface area contributed by atoms with Gasteiger partial charge < -0.3 is 9.26 Å². The van der Waals surface area contributed by atoms with E-state index in [2.05, 4.69) is 26.1 Å². The number of carbonyl (C=O) groups excluding carboxylic acids is 1. The van der Waals surface area contributed by atoms with Crippen molar-refractivity contribution >= 4 is 21.9 Å². The summed E-state index contributed by atoms with van der Waals surface area (Å²) in [4.78, 5) is 16.4. The standard InChI is InChI=1S/C18H15BrN2O3/c1-11-3-8-15(12(2)9-11)18(22)23-10-16-20-17(21-24-16)13-4-6-14(19)7-5-13/h3-9H,10H2,1-2H3. The fourth-order valence-electron chi connectivity index (χ4n) is 2.28. The lowest BCUT2D eigenvalue weighted by Crippen LogP contribution is -2.07. The van der Waals surface area contributed by atoms with Crippen molar-refractivity contribution in [3.05, 3.63) is 69.5 Å². The average molecular weight is 387 g/mol. The molecule has 0 radical (unpaired) electrons. The summed E-state index contributed by atoms with van der Waals surface area (Å²) in [5.41, 5.74) is 3.34. The molecule has 1 heterocycles. The number of nitrogens with zero attached hydrogens (tertiary/aromatic N) is 2. The molecule has 0 atom stereocenters. The van der Waals surface area contributed by atoms with Crippen molar-refractivity contribution in [2.45, 2.75) is 20.5 Å². The molecule has 0 aliphatic rings. The van der Waals surface area contributed by atoms with Crippen molar-refractivity contribution in [1.29, 1.82) is 0 Å². The topological polar surface area (TPSA) is 65.2 Å². The number of benzene rings is 2. The van der Waals surface area contributed by atoms with Gasteiger partial charge in [0.25, 0.3) is 5.89 Å². The van der Waals surface area contributed by atoms with Crippen molar-refractivity contribution in [3.8, 4) is 11.4 Å². The van der Waals surface area contributed by atoms with E-state index in [1.165, 1.54) is 0 Å². The molecule has 5 nitrogen and oxygen atoms in total. The normalized spacial score (nSPS) is 10.6. The molecule has 0 saturated carbocycles. The Bertz CT molecular complexity index is 872. The first-order valence-corrected chi connectivity index (χ1v) is 8.15. The van der Waals surface area contributed by atoms with Crippen LogP contribution >= 0.6 is 15.9 Å². The largest absolute Gasteiger partial charge is 0.452 e. The molecule has 0 bridgehead atoms. The van der Waals surface area contributed by atoms with Crippen LogP contribution < -0.4 is 0 Å². The Kier molecular flexibility index (Phi) is 4.76. The number of aromatic nitrogens is 2. The summed E-state index contributed by atoms with van der Waals surface area (Å²) in [5, 5.41) is 3.90. The first-order chi connectivity index (χ1) is 11.5. The number of aryl methyl sites for hydroxylation is 2. The molecular weight excluding hydrogens is 372 g/mol. The number of esters is 1. The molecule has 0 amide bonds. The second-order valence-corrected chi connectivity index (χ2v) is 6.33. The van der Waals surface area contributed by atoms with Crippen LogP contribution in [0.4, 0.5) is 0 Å². The van der Waals surface area contributed by atoms with Gasteiger partial charge in [0.2, 0.25) is 5.82 Å². The number of hydrogen-bond acceptors (Lipinski definition) is 5. The maximum Gasteiger partial charge on any atom is 0.338 e. The van der Waals surface area contributed by atoms with Gasteiger partial charge >= 0.3 is 5.97 Å². The zero-order chi connectivity index (χ0) is 17.1. The Hall–Kier alpha value is -2.47. The predicted octanol–water partition coefficient (Wildman–Crippen LogP) is 4.47. The Balaban J connectivity index is 1.67. The van der Waals surface area contributed by atoms with E-state index >= 15 is 0 Å². The third-order valence-electron chi connectivity index (χ3n) is 3.50. The Morgan fingerprint density at radius 2 is 1.92 bits per heavy atom. The van der Waals surface area contributed by atoms with Crippen molar-refractivity contribution < 1.29 is 14.1 Å². The Morgan fingerprint density at radius 3 is 2.62 bits per heavy atom. The van der Waals surface area contributed by atoms with E-state index in [-0.39, 0.29) is 12.5 Å². The summed E-state index contributed by atoms with van der Waals surface area (Å²) in [6.07, 6.45) is 0. The zero-order valence-corrected chi connectivity index (χ0v) is 14.8. The third-order valence-corrected chi connectivity index (χ3v) is 4.03. The van der Waals surface area contributed by atoms with Crippen LogP contribution in [0.2, 0.25) is 0 Å². The van der Waals surface area contributed by atoms with Crippen LogP contribution in [0.5, 0.6) is 0 Å². The zero-order valence-electron chi connectivity index (χ0n) is 13.2. The molecule has 122 valence electrons. The molecule has 3 aromatic rings. The van der Waals surface area contributed by atoms with E-state index in [0.717, 1.165) is 21.2 Å². The van der Waals surface area contributed by atoms with E-state index in [1.54, 1.807) is 6.07 Å². The summed E-state index contributed by atoms with van der Waals surface area (Å²) in [7, 11) is 0. The van der Waals surface area contributed by atoms with Gasteiger partial charge in [-0.15, -0.1) is 0 Å². The highest BCUT2D eigenvalue weighted by Gasteiger charge is 2.14. The van der Waals surface area contributed by atoms with Gasteiger partial charge in [-0.3, -0.25) is 0 Å². The highest BCUT2D eigenvalue weighted by Crippen LogP contribution is 2.19. The first kappa shape index (κ1) is 16.4. The predicted molar refractivity (Wildman–Crippen MR) is 92.5 cm³/mol. The summed E-state index contributed by atoms with van der Waals surface area (Å²) >= 11 is 3.37. The second kappa shape index (κ2) is 6.97. The minimum absolute atomic E-state index is 0.0598. The molecule has 0 N–H and O–H groups in total. The van der Waals surface area contributed by atoms with Gasteiger partial charge in [0.15, 0.2) is 6.61 Å². The van der Waals surface area contributed by atoms with Crippen molar-refractivity contribution in [3.63, 3.8) is 0 Å². The molecule has 0 saturated heterocycles. The van der Waals surface area contributed by atoms with E-state index in [1.807, 2.05) is 50.2 Å². The Morgan fingerprint density at radius 1 is 1.17 bits per heavy atom. The SMILES string of the molecule is Cc1ccc(C(=O)OCc2nc(-c3ccc(Br)cc3)no2)c(C)c1. The maximum atomic E-state index is 12.1. The van der Waals surface area contributed by atoms with Gasteiger partial charge in [0.1, 0.15) is 0 Å². The molecule has 0 fully saturated rings. The fraction of sp³-hybridized carbons (Fsp3) is 0.167. The molecule has 0 spiro atoms. The maximum absolute atomic E-state index is 12.1. The van der Waals surface area contributed by atoms with Crippen molar-refractivity contribution in [1.82, 2.24) is 10.1 Å². The molecule has 3 rings (SSSR count). The lowest BCUT2D eigenvalue weighted by atomic mass is 10.1. The van der Waals surface area contributed by atoms with Crippen LogP contribution in [0, 0.1) is 13.8 Å². The first-order valence-electron chi connectivity index (χ1n) is 7.36. The highest BCUT2D eigenvalue weighted by atomic mass is 79.9. The van der Waals surface area contributed by atoms with Crippen LogP contribution in [-0.4, -0.2) is 16.1 Å². The van der Waals surface area contributed by atoms with Crippen LogP contribution in [0.1, 0.15) is 27.4 Å². The molecule has 24 heavy (non-hydrogen) atoms. The summed E-state index contributed by atoms with van der Waals surface area (Å²) in [6, 6.07) is 13.1. The number of rotatable bonds is 4. The number of halogens is 1. The number of carbonyl (C=O) groups is 1. The number of ether oxygens (including phenoxy) is 1. The average Bonchev–Trinajstić information content (AvgIpc) is 3.02. The van der Waals surface area contributed by atoms with E-state index in [9.17, 15) is 4.79 Å². The molecule has 1 aromatic heterocycles. The molecule has 0 aliphatic carbocycles. The van der Waals surface area contributed by atoms with Gasteiger partial charge in [-0.05, 0) is 49.7 Å². The van der Waals surface area contributed by atoms with Crippen LogP contribution in [0.25, 0.3) is 11.4 Å². The van der Waals surface area contributed by atoms with Gasteiger partial charge in [-0.2, -0.15) is 4.98 Å².